The molecule has 10 nitrogen and oxygen atoms in total. The third kappa shape index (κ3) is 3.70. The van der Waals surface area contributed by atoms with Crippen LogP contribution in [0.25, 0.3) is 28.0 Å². The number of fused-ring (bicyclic) bond motifs is 3. The molecule has 1 aromatic carbocycles. The fourth-order valence-corrected chi connectivity index (χ4v) is 5.80. The quantitative estimate of drug-likeness (QED) is 0.460. The van der Waals surface area contributed by atoms with Crippen molar-refractivity contribution in [3.05, 3.63) is 48.3 Å². The summed E-state index contributed by atoms with van der Waals surface area (Å²) in [6, 6.07) is 10.5. The molecule has 3 saturated heterocycles. The molecule has 3 fully saturated rings. The van der Waals surface area contributed by atoms with E-state index in [1.54, 1.807) is 10.9 Å². The molecule has 0 spiro atoms. The second-order valence-corrected chi connectivity index (χ2v) is 10.1. The molecule has 3 aliphatic heterocycles. The Balaban J connectivity index is 1.34. The highest BCUT2D eigenvalue weighted by molar-refractivity contribution is 5.99. The molecule has 4 aromatic rings. The Kier molecular flexibility index (Phi) is 5.26. The van der Waals surface area contributed by atoms with Crippen molar-refractivity contribution in [1.29, 1.82) is 0 Å². The van der Waals surface area contributed by atoms with Gasteiger partial charge in [-0.15, -0.1) is 0 Å². The zero-order chi connectivity index (χ0) is 25.1. The number of amides is 1. The van der Waals surface area contributed by atoms with Crippen molar-refractivity contribution < 1.29 is 14.3 Å². The Morgan fingerprint density at radius 1 is 1.11 bits per heavy atom. The van der Waals surface area contributed by atoms with Gasteiger partial charge in [0.2, 0.25) is 0 Å². The molecule has 3 aromatic heterocycles. The molecule has 3 aliphatic rings. The normalized spacial score (nSPS) is 23.8. The molecule has 1 amide bonds. The highest BCUT2D eigenvalue weighted by atomic mass is 16.5. The van der Waals surface area contributed by atoms with Gasteiger partial charge in [-0.1, -0.05) is 6.07 Å². The number of morpholine rings is 2. The molecule has 2 bridgehead atoms. The van der Waals surface area contributed by atoms with Crippen LogP contribution in [0.4, 0.5) is 11.5 Å². The zero-order valence-electron chi connectivity index (χ0n) is 20.9. The highest BCUT2D eigenvalue weighted by Gasteiger charge is 2.40. The van der Waals surface area contributed by atoms with Crippen molar-refractivity contribution in [2.75, 3.05) is 36.1 Å². The van der Waals surface area contributed by atoms with Crippen LogP contribution in [-0.4, -0.2) is 75.4 Å². The molecule has 7 rings (SSSR count). The highest BCUT2D eigenvalue weighted by Crippen LogP contribution is 2.37. The van der Waals surface area contributed by atoms with E-state index in [1.165, 1.54) is 0 Å². The van der Waals surface area contributed by atoms with E-state index < -0.39 is 0 Å². The fourth-order valence-electron chi connectivity index (χ4n) is 5.80. The standard InChI is InChI=1S/C27H29N7O3/c1-16-11-18(33-14-19-4-6-23(37-19)27(33)35)3-5-20(16)21-12-25(32-9-10-36-15-17(32)2)30-26-22(21)13-29-34(26)24-7-8-28-31-24/h3,5,7-8,11-13,17,19,23H,4,6,9-10,14-15H2,1-2H3,(H,28,31)/t17-,19?,23?/m1/s1. The predicted molar refractivity (Wildman–Crippen MR) is 139 cm³/mol. The van der Waals surface area contributed by atoms with E-state index in [0.29, 0.717) is 25.6 Å². The average molecular weight is 500 g/mol. The number of carbonyl (C=O) groups excluding carboxylic acids is 1. The molecule has 3 atom stereocenters. The first-order valence-corrected chi connectivity index (χ1v) is 12.9. The van der Waals surface area contributed by atoms with Crippen LogP contribution < -0.4 is 9.80 Å². The maximum Gasteiger partial charge on any atom is 0.256 e. The minimum Gasteiger partial charge on any atom is -0.377 e. The van der Waals surface area contributed by atoms with Gasteiger partial charge in [0.1, 0.15) is 11.9 Å². The van der Waals surface area contributed by atoms with E-state index in [1.807, 2.05) is 23.2 Å². The van der Waals surface area contributed by atoms with Crippen LogP contribution in [0, 0.1) is 6.92 Å². The van der Waals surface area contributed by atoms with Crippen LogP contribution in [0.3, 0.4) is 0 Å². The average Bonchev–Trinajstić information content (AvgIpc) is 3.66. The lowest BCUT2D eigenvalue weighted by Gasteiger charge is -2.34. The molecule has 0 aliphatic carbocycles. The third-order valence-electron chi connectivity index (χ3n) is 7.74. The molecule has 190 valence electrons. The molecule has 10 heteroatoms. The molecule has 0 radical (unpaired) electrons. The van der Waals surface area contributed by atoms with Crippen LogP contribution in [0.5, 0.6) is 0 Å². The zero-order valence-corrected chi connectivity index (χ0v) is 20.9. The number of H-pyrrole nitrogens is 1. The summed E-state index contributed by atoms with van der Waals surface area (Å²) in [6.45, 7) is 6.97. The van der Waals surface area contributed by atoms with Gasteiger partial charge in [0.05, 0.1) is 38.1 Å². The Morgan fingerprint density at radius 2 is 2.03 bits per heavy atom. The lowest BCUT2D eigenvalue weighted by molar-refractivity contribution is -0.133. The number of anilines is 2. The number of nitrogens with zero attached hydrogens (tertiary/aromatic N) is 6. The Bertz CT molecular complexity index is 1480. The monoisotopic (exact) mass is 499 g/mol. The van der Waals surface area contributed by atoms with Crippen LogP contribution in [0.2, 0.25) is 0 Å². The number of aromatic nitrogens is 5. The first-order chi connectivity index (χ1) is 18.1. The maximum absolute atomic E-state index is 12.9. The summed E-state index contributed by atoms with van der Waals surface area (Å²) in [4.78, 5) is 22.2. The van der Waals surface area contributed by atoms with Crippen LogP contribution in [0.1, 0.15) is 25.3 Å². The van der Waals surface area contributed by atoms with Gasteiger partial charge in [-0.25, -0.2) is 4.98 Å². The minimum atomic E-state index is -0.301. The van der Waals surface area contributed by atoms with Gasteiger partial charge in [0, 0.05) is 29.9 Å². The summed E-state index contributed by atoms with van der Waals surface area (Å²) in [6.07, 6.45) is 5.23. The summed E-state index contributed by atoms with van der Waals surface area (Å²) in [7, 11) is 0. The number of nitrogens with one attached hydrogen (secondary N) is 1. The number of hydrogen-bond donors (Lipinski definition) is 1. The van der Waals surface area contributed by atoms with Gasteiger partial charge in [-0.05, 0) is 61.6 Å². The summed E-state index contributed by atoms with van der Waals surface area (Å²) >= 11 is 0. The third-order valence-corrected chi connectivity index (χ3v) is 7.74. The SMILES string of the molecule is Cc1cc(N2CC3CCC(O3)C2=O)ccc1-c1cc(N2CCOC[C@H]2C)nc2c1cnn2-c1cc[nH]n1. The van der Waals surface area contributed by atoms with Gasteiger partial charge in [-0.3, -0.25) is 9.89 Å². The first kappa shape index (κ1) is 22.4. The van der Waals surface area contributed by atoms with Crippen molar-refractivity contribution >= 4 is 28.4 Å². The Morgan fingerprint density at radius 3 is 2.84 bits per heavy atom. The smallest absolute Gasteiger partial charge is 0.256 e. The fraction of sp³-hybridized carbons (Fsp3) is 0.407. The van der Waals surface area contributed by atoms with Crippen LogP contribution in [-0.2, 0) is 14.3 Å². The van der Waals surface area contributed by atoms with E-state index in [4.69, 9.17) is 14.5 Å². The molecular weight excluding hydrogens is 470 g/mol. The van der Waals surface area contributed by atoms with Crippen molar-refractivity contribution in [1.82, 2.24) is 25.0 Å². The van der Waals surface area contributed by atoms with Crippen molar-refractivity contribution in [3.63, 3.8) is 0 Å². The Labute approximate surface area is 214 Å². The largest absolute Gasteiger partial charge is 0.377 e. The summed E-state index contributed by atoms with van der Waals surface area (Å²) in [5, 5.41) is 12.8. The van der Waals surface area contributed by atoms with Crippen molar-refractivity contribution in [2.24, 2.45) is 0 Å². The van der Waals surface area contributed by atoms with Gasteiger partial charge < -0.3 is 19.3 Å². The number of benzene rings is 1. The van der Waals surface area contributed by atoms with Crippen molar-refractivity contribution in [2.45, 2.75) is 44.9 Å². The number of ether oxygens (including phenoxy) is 2. The molecule has 0 saturated carbocycles. The van der Waals surface area contributed by atoms with E-state index in [0.717, 1.165) is 58.6 Å². The first-order valence-electron chi connectivity index (χ1n) is 12.9. The summed E-state index contributed by atoms with van der Waals surface area (Å²) < 4.78 is 13.3. The molecular formula is C27H29N7O3. The van der Waals surface area contributed by atoms with E-state index in [2.05, 4.69) is 52.2 Å². The number of pyridine rings is 1. The Hall–Kier alpha value is -3.76. The van der Waals surface area contributed by atoms with Crippen LogP contribution in [0.15, 0.2) is 42.7 Å². The lowest BCUT2D eigenvalue weighted by atomic mass is 9.97. The molecule has 37 heavy (non-hydrogen) atoms. The minimum absolute atomic E-state index is 0.0658. The number of carbonyl (C=O) groups is 1. The van der Waals surface area contributed by atoms with Gasteiger partial charge in [0.15, 0.2) is 11.5 Å². The van der Waals surface area contributed by atoms with Crippen molar-refractivity contribution in [3.8, 4) is 16.9 Å². The summed E-state index contributed by atoms with van der Waals surface area (Å²) in [5.74, 6) is 1.64. The number of hydrogen-bond acceptors (Lipinski definition) is 7. The van der Waals surface area contributed by atoms with Gasteiger partial charge >= 0.3 is 0 Å². The lowest BCUT2D eigenvalue weighted by Crippen LogP contribution is -2.47. The van der Waals surface area contributed by atoms with Gasteiger partial charge in [0.25, 0.3) is 5.91 Å². The predicted octanol–water partition coefficient (Wildman–Crippen LogP) is 3.24. The molecule has 6 heterocycles. The van der Waals surface area contributed by atoms with E-state index >= 15 is 0 Å². The topological polar surface area (TPSA) is 101 Å². The molecule has 1 N–H and O–H groups in total. The van der Waals surface area contributed by atoms with Gasteiger partial charge in [-0.2, -0.15) is 14.9 Å². The molecule has 2 unspecified atom stereocenters. The second kappa shape index (κ2) is 8.67. The number of aromatic amines is 1. The summed E-state index contributed by atoms with van der Waals surface area (Å²) in [5.41, 5.74) is 4.90. The second-order valence-electron chi connectivity index (χ2n) is 10.1. The number of aryl methyl sites for hydroxylation is 1. The van der Waals surface area contributed by atoms with E-state index in [-0.39, 0.29) is 24.2 Å². The maximum atomic E-state index is 12.9. The van der Waals surface area contributed by atoms with E-state index in [9.17, 15) is 4.79 Å². The van der Waals surface area contributed by atoms with Crippen LogP contribution >= 0.6 is 0 Å². The number of rotatable bonds is 4.